The van der Waals surface area contributed by atoms with Crippen LogP contribution in [0.3, 0.4) is 0 Å². The lowest BCUT2D eigenvalue weighted by Gasteiger charge is -2.44. The molecule has 0 aliphatic heterocycles. The first-order valence-corrected chi connectivity index (χ1v) is 6.04. The first-order chi connectivity index (χ1) is 6.04. The number of rotatable bonds is 1. The molecule has 1 unspecified atom stereocenters. The summed E-state index contributed by atoms with van der Waals surface area (Å²) in [4.78, 5) is 0. The van der Waals surface area contributed by atoms with Gasteiger partial charge in [0.1, 0.15) is 0 Å². The Morgan fingerprint density at radius 3 is 2.00 bits per heavy atom. The van der Waals surface area contributed by atoms with Gasteiger partial charge in [0.05, 0.1) is 0 Å². The molecule has 2 bridgehead atoms. The molecule has 0 spiro atoms. The van der Waals surface area contributed by atoms with Crippen LogP contribution in [0.2, 0.25) is 0 Å². The topological polar surface area (TPSA) is 0 Å². The Balaban J connectivity index is 1.94. The Kier molecular flexibility index (Phi) is 2.42. The Morgan fingerprint density at radius 2 is 1.62 bits per heavy atom. The first kappa shape index (κ1) is 9.55. The monoisotopic (exact) mass is 180 g/mol. The molecule has 0 heterocycles. The van der Waals surface area contributed by atoms with E-state index in [9.17, 15) is 0 Å². The standard InChI is InChI=1S/C13H24/c1-13(2,3)9-12-8-10-4-6-11(12)7-5-10/h10-12H,4-9H2,1-3H3. The van der Waals surface area contributed by atoms with Crippen molar-refractivity contribution in [2.75, 3.05) is 0 Å². The molecule has 0 heteroatoms. The molecule has 3 aliphatic carbocycles. The van der Waals surface area contributed by atoms with Crippen molar-refractivity contribution in [2.24, 2.45) is 23.2 Å². The van der Waals surface area contributed by atoms with E-state index in [1.807, 2.05) is 0 Å². The van der Waals surface area contributed by atoms with Gasteiger partial charge in [0, 0.05) is 0 Å². The summed E-state index contributed by atoms with van der Waals surface area (Å²) < 4.78 is 0. The number of hydrogen-bond acceptors (Lipinski definition) is 0. The molecule has 0 radical (unpaired) electrons. The smallest absolute Gasteiger partial charge is 0.0378 e. The molecule has 0 saturated heterocycles. The van der Waals surface area contributed by atoms with E-state index in [1.165, 1.54) is 6.42 Å². The Hall–Kier alpha value is 0. The average molecular weight is 180 g/mol. The van der Waals surface area contributed by atoms with Crippen molar-refractivity contribution < 1.29 is 0 Å². The summed E-state index contributed by atoms with van der Waals surface area (Å²) in [5, 5.41) is 0. The van der Waals surface area contributed by atoms with Crippen LogP contribution >= 0.6 is 0 Å². The van der Waals surface area contributed by atoms with Crippen molar-refractivity contribution in [1.82, 2.24) is 0 Å². The fourth-order valence-corrected chi connectivity index (χ4v) is 3.55. The average Bonchev–Trinajstić information content (AvgIpc) is 2.03. The normalized spacial score (nSPS) is 39.5. The molecule has 3 rings (SSSR count). The predicted molar refractivity (Wildman–Crippen MR) is 57.6 cm³/mol. The molecule has 0 aromatic heterocycles. The van der Waals surface area contributed by atoms with E-state index in [-0.39, 0.29) is 0 Å². The molecule has 0 aromatic carbocycles. The molecular weight excluding hydrogens is 156 g/mol. The molecule has 1 atom stereocenters. The minimum atomic E-state index is 0.558. The van der Waals surface area contributed by atoms with Gasteiger partial charge in [-0.05, 0) is 48.9 Å². The van der Waals surface area contributed by atoms with Gasteiger partial charge in [-0.15, -0.1) is 0 Å². The highest BCUT2D eigenvalue weighted by Crippen LogP contribution is 2.48. The van der Waals surface area contributed by atoms with Crippen LogP contribution in [0, 0.1) is 23.2 Å². The van der Waals surface area contributed by atoms with Crippen LogP contribution in [0.5, 0.6) is 0 Å². The van der Waals surface area contributed by atoms with Gasteiger partial charge in [-0.1, -0.05) is 33.6 Å². The molecule has 0 amide bonds. The van der Waals surface area contributed by atoms with Crippen molar-refractivity contribution in [3.63, 3.8) is 0 Å². The second kappa shape index (κ2) is 3.29. The van der Waals surface area contributed by atoms with Crippen LogP contribution in [-0.2, 0) is 0 Å². The van der Waals surface area contributed by atoms with Gasteiger partial charge in [0.15, 0.2) is 0 Å². The van der Waals surface area contributed by atoms with E-state index in [1.54, 1.807) is 32.1 Å². The highest BCUT2D eigenvalue weighted by Gasteiger charge is 2.36. The van der Waals surface area contributed by atoms with E-state index in [2.05, 4.69) is 20.8 Å². The molecule has 0 nitrogen and oxygen atoms in total. The maximum Gasteiger partial charge on any atom is -0.0378 e. The van der Waals surface area contributed by atoms with Gasteiger partial charge < -0.3 is 0 Å². The van der Waals surface area contributed by atoms with Gasteiger partial charge in [0.25, 0.3) is 0 Å². The van der Waals surface area contributed by atoms with Crippen LogP contribution < -0.4 is 0 Å². The minimum Gasteiger partial charge on any atom is -0.0602 e. The largest absolute Gasteiger partial charge is 0.0602 e. The van der Waals surface area contributed by atoms with Gasteiger partial charge >= 0.3 is 0 Å². The van der Waals surface area contributed by atoms with E-state index < -0.39 is 0 Å². The van der Waals surface area contributed by atoms with Crippen molar-refractivity contribution in [1.29, 1.82) is 0 Å². The fourth-order valence-electron chi connectivity index (χ4n) is 3.55. The molecular formula is C13H24. The summed E-state index contributed by atoms with van der Waals surface area (Å²) in [6.07, 6.45) is 9.21. The van der Waals surface area contributed by atoms with E-state index in [0.717, 1.165) is 17.8 Å². The summed E-state index contributed by atoms with van der Waals surface area (Å²) in [7, 11) is 0. The molecule has 13 heavy (non-hydrogen) atoms. The molecule has 3 saturated carbocycles. The van der Waals surface area contributed by atoms with Crippen LogP contribution in [0.25, 0.3) is 0 Å². The highest BCUT2D eigenvalue weighted by molar-refractivity contribution is 4.88. The molecule has 0 aromatic rings. The summed E-state index contributed by atoms with van der Waals surface area (Å²) in [6.45, 7) is 7.19. The van der Waals surface area contributed by atoms with Crippen LogP contribution in [0.4, 0.5) is 0 Å². The van der Waals surface area contributed by atoms with Crippen LogP contribution in [-0.4, -0.2) is 0 Å². The second-order valence-corrected chi connectivity index (χ2v) is 6.54. The SMILES string of the molecule is CC(C)(C)CC1CC2CCC1CC2. The van der Waals surface area contributed by atoms with Crippen molar-refractivity contribution >= 4 is 0 Å². The first-order valence-electron chi connectivity index (χ1n) is 6.04. The minimum absolute atomic E-state index is 0.558. The van der Waals surface area contributed by atoms with E-state index >= 15 is 0 Å². The maximum absolute atomic E-state index is 2.40. The third kappa shape index (κ3) is 2.27. The summed E-state index contributed by atoms with van der Waals surface area (Å²) in [5.41, 5.74) is 0.558. The third-order valence-corrected chi connectivity index (χ3v) is 4.07. The maximum atomic E-state index is 2.40. The van der Waals surface area contributed by atoms with Crippen molar-refractivity contribution in [2.45, 2.75) is 59.3 Å². The van der Waals surface area contributed by atoms with Crippen LogP contribution in [0.1, 0.15) is 59.3 Å². The number of hydrogen-bond donors (Lipinski definition) is 0. The van der Waals surface area contributed by atoms with E-state index in [0.29, 0.717) is 5.41 Å². The summed E-state index contributed by atoms with van der Waals surface area (Å²) >= 11 is 0. The zero-order chi connectivity index (χ0) is 9.47. The number of fused-ring (bicyclic) bond motifs is 3. The Morgan fingerprint density at radius 1 is 1.00 bits per heavy atom. The van der Waals surface area contributed by atoms with Gasteiger partial charge in [0.2, 0.25) is 0 Å². The van der Waals surface area contributed by atoms with Crippen LogP contribution in [0.15, 0.2) is 0 Å². The second-order valence-electron chi connectivity index (χ2n) is 6.54. The Labute approximate surface area is 83.1 Å². The van der Waals surface area contributed by atoms with E-state index in [4.69, 9.17) is 0 Å². The molecule has 76 valence electrons. The summed E-state index contributed by atoms with van der Waals surface area (Å²) in [5.74, 6) is 3.29. The van der Waals surface area contributed by atoms with Crippen molar-refractivity contribution in [3.05, 3.63) is 0 Å². The lowest BCUT2D eigenvalue weighted by atomic mass is 9.61. The molecule has 3 aliphatic rings. The zero-order valence-electron chi connectivity index (χ0n) is 9.47. The third-order valence-electron chi connectivity index (χ3n) is 4.07. The van der Waals surface area contributed by atoms with Gasteiger partial charge in [-0.25, -0.2) is 0 Å². The lowest BCUT2D eigenvalue weighted by Crippen LogP contribution is -2.33. The Bertz CT molecular complexity index is 167. The lowest BCUT2D eigenvalue weighted by molar-refractivity contribution is 0.0688. The van der Waals surface area contributed by atoms with Gasteiger partial charge in [-0.3, -0.25) is 0 Å². The summed E-state index contributed by atoms with van der Waals surface area (Å²) in [6, 6.07) is 0. The highest BCUT2D eigenvalue weighted by atomic mass is 14.4. The van der Waals surface area contributed by atoms with Gasteiger partial charge in [-0.2, -0.15) is 0 Å². The fraction of sp³-hybridized carbons (Fsp3) is 1.00. The zero-order valence-corrected chi connectivity index (χ0v) is 9.47. The molecule has 0 N–H and O–H groups in total. The van der Waals surface area contributed by atoms with Crippen molar-refractivity contribution in [3.8, 4) is 0 Å². The quantitative estimate of drug-likeness (QED) is 0.566. The predicted octanol–water partition coefficient (Wildman–Crippen LogP) is 4.25. The molecule has 3 fully saturated rings.